The summed E-state index contributed by atoms with van der Waals surface area (Å²) in [5.74, 6) is 1.03. The molecule has 1 nitrogen and oxygen atoms in total. The molecule has 0 saturated heterocycles. The van der Waals surface area contributed by atoms with Crippen LogP contribution in [0.25, 0.3) is 0 Å². The van der Waals surface area contributed by atoms with Crippen LogP contribution in [-0.4, -0.2) is 24.0 Å². The second-order valence-electron chi connectivity index (χ2n) is 4.16. The smallest absolute Gasteiger partial charge is 0.0100 e. The Bertz CT molecular complexity index is 114. The molecule has 66 valence electrons. The highest BCUT2D eigenvalue weighted by Gasteiger charge is 2.31. The largest absolute Gasteiger partial charge is 0.301 e. The van der Waals surface area contributed by atoms with E-state index in [0.29, 0.717) is 0 Å². The minimum absolute atomic E-state index is 0.720. The summed E-state index contributed by atoms with van der Waals surface area (Å²) in [6.45, 7) is 6.86. The van der Waals surface area contributed by atoms with Gasteiger partial charge in [-0.3, -0.25) is 0 Å². The zero-order valence-corrected chi connectivity index (χ0v) is 8.30. The van der Waals surface area contributed by atoms with Crippen LogP contribution in [0.2, 0.25) is 0 Å². The highest BCUT2D eigenvalue weighted by Crippen LogP contribution is 2.33. The summed E-state index contributed by atoms with van der Waals surface area (Å²) in [6.07, 6.45) is 4.25. The molecule has 0 aliphatic heterocycles. The van der Waals surface area contributed by atoms with Crippen LogP contribution >= 0.6 is 0 Å². The van der Waals surface area contributed by atoms with E-state index in [1.165, 1.54) is 19.3 Å². The molecule has 11 heavy (non-hydrogen) atoms. The average molecular weight is 155 g/mol. The Balaban J connectivity index is 2.21. The molecule has 0 amide bonds. The van der Waals surface area contributed by atoms with Gasteiger partial charge in [-0.05, 0) is 39.7 Å². The van der Waals surface area contributed by atoms with Crippen LogP contribution in [0.3, 0.4) is 0 Å². The number of hydrogen-bond donors (Lipinski definition) is 0. The normalized spacial score (nSPS) is 31.1. The molecular weight excluding hydrogens is 134 g/mol. The standard InChI is InChI=1S/C10H21N/c1-5-9-6-10(7-9)11(4)8(2)3/h8-10H,5-7H2,1-4H3. The number of nitrogens with zero attached hydrogens (tertiary/aromatic N) is 1. The van der Waals surface area contributed by atoms with E-state index in [2.05, 4.69) is 32.7 Å². The second kappa shape index (κ2) is 3.57. The van der Waals surface area contributed by atoms with Crippen LogP contribution in [0.1, 0.15) is 40.0 Å². The maximum atomic E-state index is 2.51. The lowest BCUT2D eigenvalue weighted by molar-refractivity contribution is 0.0754. The highest BCUT2D eigenvalue weighted by molar-refractivity contribution is 4.86. The Morgan fingerprint density at radius 3 is 2.27 bits per heavy atom. The van der Waals surface area contributed by atoms with Crippen molar-refractivity contribution in [2.75, 3.05) is 7.05 Å². The van der Waals surface area contributed by atoms with Crippen LogP contribution in [-0.2, 0) is 0 Å². The summed E-state index contributed by atoms with van der Waals surface area (Å²) < 4.78 is 0. The van der Waals surface area contributed by atoms with Gasteiger partial charge in [0.15, 0.2) is 0 Å². The summed E-state index contributed by atoms with van der Waals surface area (Å²) in [7, 11) is 2.25. The van der Waals surface area contributed by atoms with Crippen LogP contribution in [0.4, 0.5) is 0 Å². The van der Waals surface area contributed by atoms with Gasteiger partial charge in [0.05, 0.1) is 0 Å². The summed E-state index contributed by atoms with van der Waals surface area (Å²) in [5, 5.41) is 0. The molecule has 1 aliphatic rings. The Morgan fingerprint density at radius 1 is 1.36 bits per heavy atom. The Labute approximate surface area is 70.8 Å². The van der Waals surface area contributed by atoms with Crippen molar-refractivity contribution in [1.29, 1.82) is 0 Å². The Morgan fingerprint density at radius 2 is 1.91 bits per heavy atom. The monoisotopic (exact) mass is 155 g/mol. The highest BCUT2D eigenvalue weighted by atomic mass is 15.2. The molecule has 0 unspecified atom stereocenters. The summed E-state index contributed by atoms with van der Waals surface area (Å²) in [4.78, 5) is 2.51. The molecule has 0 aromatic carbocycles. The van der Waals surface area contributed by atoms with Crippen molar-refractivity contribution < 1.29 is 0 Å². The van der Waals surface area contributed by atoms with Crippen molar-refractivity contribution in [3.63, 3.8) is 0 Å². The molecule has 0 aromatic rings. The maximum Gasteiger partial charge on any atom is 0.0100 e. The fourth-order valence-electron chi connectivity index (χ4n) is 1.79. The van der Waals surface area contributed by atoms with Crippen LogP contribution in [0, 0.1) is 5.92 Å². The quantitative estimate of drug-likeness (QED) is 0.605. The van der Waals surface area contributed by atoms with Crippen LogP contribution in [0.5, 0.6) is 0 Å². The topological polar surface area (TPSA) is 3.24 Å². The van der Waals surface area contributed by atoms with E-state index in [9.17, 15) is 0 Å². The van der Waals surface area contributed by atoms with E-state index >= 15 is 0 Å². The van der Waals surface area contributed by atoms with Crippen LogP contribution in [0.15, 0.2) is 0 Å². The van der Waals surface area contributed by atoms with Gasteiger partial charge < -0.3 is 4.90 Å². The fraction of sp³-hybridized carbons (Fsp3) is 1.00. The van der Waals surface area contributed by atoms with Gasteiger partial charge in [-0.15, -0.1) is 0 Å². The van der Waals surface area contributed by atoms with Gasteiger partial charge in [0, 0.05) is 12.1 Å². The minimum Gasteiger partial charge on any atom is -0.301 e. The summed E-state index contributed by atoms with van der Waals surface area (Å²) in [5.41, 5.74) is 0. The second-order valence-corrected chi connectivity index (χ2v) is 4.16. The van der Waals surface area contributed by atoms with Gasteiger partial charge in [-0.2, -0.15) is 0 Å². The Hall–Kier alpha value is -0.0400. The van der Waals surface area contributed by atoms with Gasteiger partial charge >= 0.3 is 0 Å². The third kappa shape index (κ3) is 1.96. The lowest BCUT2D eigenvalue weighted by atomic mass is 9.77. The van der Waals surface area contributed by atoms with Crippen molar-refractivity contribution in [1.82, 2.24) is 4.90 Å². The van der Waals surface area contributed by atoms with Crippen molar-refractivity contribution in [2.45, 2.75) is 52.1 Å². The van der Waals surface area contributed by atoms with Crippen molar-refractivity contribution in [3.8, 4) is 0 Å². The lowest BCUT2D eigenvalue weighted by Gasteiger charge is -2.42. The predicted molar refractivity (Wildman–Crippen MR) is 49.7 cm³/mol. The van der Waals surface area contributed by atoms with Crippen molar-refractivity contribution in [2.24, 2.45) is 5.92 Å². The van der Waals surface area contributed by atoms with E-state index in [-0.39, 0.29) is 0 Å². The number of hydrogen-bond acceptors (Lipinski definition) is 1. The van der Waals surface area contributed by atoms with E-state index in [4.69, 9.17) is 0 Å². The van der Waals surface area contributed by atoms with Crippen molar-refractivity contribution in [3.05, 3.63) is 0 Å². The van der Waals surface area contributed by atoms with Gasteiger partial charge in [0.25, 0.3) is 0 Å². The maximum absolute atomic E-state index is 2.51. The first-order valence-electron chi connectivity index (χ1n) is 4.87. The third-order valence-electron chi connectivity index (χ3n) is 3.18. The molecule has 1 aliphatic carbocycles. The molecule has 0 N–H and O–H groups in total. The van der Waals surface area contributed by atoms with Gasteiger partial charge in [0.1, 0.15) is 0 Å². The summed E-state index contributed by atoms with van der Waals surface area (Å²) >= 11 is 0. The minimum atomic E-state index is 0.720. The zero-order chi connectivity index (χ0) is 8.43. The molecule has 0 aromatic heterocycles. The van der Waals surface area contributed by atoms with E-state index in [1.807, 2.05) is 0 Å². The fourth-order valence-corrected chi connectivity index (χ4v) is 1.79. The lowest BCUT2D eigenvalue weighted by Crippen LogP contribution is -2.45. The van der Waals surface area contributed by atoms with E-state index in [1.54, 1.807) is 0 Å². The molecule has 0 radical (unpaired) electrons. The van der Waals surface area contributed by atoms with E-state index < -0.39 is 0 Å². The number of rotatable bonds is 3. The molecule has 0 spiro atoms. The molecule has 1 fully saturated rings. The predicted octanol–water partition coefficient (Wildman–Crippen LogP) is 2.52. The van der Waals surface area contributed by atoms with Crippen molar-refractivity contribution >= 4 is 0 Å². The Kier molecular flexibility index (Phi) is 2.94. The molecular formula is C10H21N. The molecule has 1 saturated carbocycles. The SMILES string of the molecule is CCC1CC(N(C)C(C)C)C1. The zero-order valence-electron chi connectivity index (χ0n) is 8.30. The molecule has 0 bridgehead atoms. The molecule has 0 heterocycles. The van der Waals surface area contributed by atoms with E-state index in [0.717, 1.165) is 18.0 Å². The van der Waals surface area contributed by atoms with Gasteiger partial charge in [-0.1, -0.05) is 13.3 Å². The molecule has 1 rings (SSSR count). The first-order valence-corrected chi connectivity index (χ1v) is 4.87. The van der Waals surface area contributed by atoms with Gasteiger partial charge in [-0.25, -0.2) is 0 Å². The van der Waals surface area contributed by atoms with Gasteiger partial charge in [0.2, 0.25) is 0 Å². The average Bonchev–Trinajstić information content (AvgIpc) is 1.85. The third-order valence-corrected chi connectivity index (χ3v) is 3.18. The van der Waals surface area contributed by atoms with Crippen LogP contribution < -0.4 is 0 Å². The summed E-state index contributed by atoms with van der Waals surface area (Å²) in [6, 6.07) is 1.61. The first-order chi connectivity index (χ1) is 5.15. The molecule has 0 atom stereocenters. The first kappa shape index (κ1) is 9.05. The molecule has 1 heteroatoms.